The van der Waals surface area contributed by atoms with Crippen LogP contribution in [0.25, 0.3) is 22.7 Å². The van der Waals surface area contributed by atoms with Crippen molar-refractivity contribution in [1.29, 1.82) is 0 Å². The van der Waals surface area contributed by atoms with E-state index in [0.717, 1.165) is 11.1 Å². The van der Waals surface area contributed by atoms with Gasteiger partial charge in [-0.3, -0.25) is 0 Å². The Balaban J connectivity index is 2.06. The lowest BCUT2D eigenvalue weighted by molar-refractivity contribution is -0.136. The molecule has 3 aromatic rings. The number of hydrogen-bond donors (Lipinski definition) is 0. The van der Waals surface area contributed by atoms with Crippen LogP contribution in [0.5, 0.6) is 0 Å². The molecule has 0 saturated heterocycles. The van der Waals surface area contributed by atoms with Gasteiger partial charge in [-0.15, -0.1) is 0 Å². The van der Waals surface area contributed by atoms with Crippen LogP contribution in [0.15, 0.2) is 59.0 Å². The lowest BCUT2D eigenvalue weighted by atomic mass is 10.1. The maximum absolute atomic E-state index is 12.2. The number of para-hydroxylation sites is 2. The average molecular weight is 293 g/mol. The molecule has 3 rings (SSSR count). The van der Waals surface area contributed by atoms with Crippen molar-refractivity contribution in [3.8, 4) is 0 Å². The smallest absolute Gasteiger partial charge is 0.338 e. The Labute approximate surface area is 128 Å². The van der Waals surface area contributed by atoms with Crippen LogP contribution in [0.2, 0.25) is 0 Å². The first-order chi connectivity index (χ1) is 10.8. The molecule has 0 amide bonds. The third-order valence-corrected chi connectivity index (χ3v) is 3.16. The van der Waals surface area contributed by atoms with E-state index < -0.39 is 5.97 Å². The molecule has 1 aromatic heterocycles. The van der Waals surface area contributed by atoms with Crippen molar-refractivity contribution in [2.45, 2.75) is 6.92 Å². The molecule has 0 aliphatic carbocycles. The molecule has 0 atom stereocenters. The molecule has 0 saturated carbocycles. The van der Waals surface area contributed by atoms with Crippen molar-refractivity contribution in [2.24, 2.45) is 0 Å². The fraction of sp³-hybridized carbons (Fsp3) is 0.111. The number of nitrogens with zero attached hydrogens (tertiary/aromatic N) is 1. The van der Waals surface area contributed by atoms with E-state index in [2.05, 4.69) is 4.98 Å². The van der Waals surface area contributed by atoms with Crippen LogP contribution in [-0.4, -0.2) is 17.6 Å². The number of carbonyl (C=O) groups excluding carboxylic acids is 1. The number of carbonyl (C=O) groups is 1. The van der Waals surface area contributed by atoms with E-state index in [-0.39, 0.29) is 0 Å². The summed E-state index contributed by atoms with van der Waals surface area (Å²) in [6.07, 6.45) is 1.62. The molecule has 0 fully saturated rings. The summed E-state index contributed by atoms with van der Waals surface area (Å²) < 4.78 is 10.8. The topological polar surface area (TPSA) is 52.3 Å². The zero-order valence-electron chi connectivity index (χ0n) is 12.2. The largest absolute Gasteiger partial charge is 0.462 e. The van der Waals surface area contributed by atoms with E-state index in [1.807, 2.05) is 54.6 Å². The molecular formula is C18H15NO3. The molecule has 0 spiro atoms. The predicted octanol–water partition coefficient (Wildman–Crippen LogP) is 3.93. The molecule has 0 aliphatic heterocycles. The van der Waals surface area contributed by atoms with E-state index >= 15 is 0 Å². The van der Waals surface area contributed by atoms with Crippen LogP contribution in [0.3, 0.4) is 0 Å². The number of rotatable bonds is 4. The summed E-state index contributed by atoms with van der Waals surface area (Å²) >= 11 is 0. The number of esters is 1. The van der Waals surface area contributed by atoms with E-state index in [0.29, 0.717) is 23.7 Å². The number of benzene rings is 2. The van der Waals surface area contributed by atoms with Gasteiger partial charge in [0.05, 0.1) is 12.2 Å². The Morgan fingerprint density at radius 1 is 1.14 bits per heavy atom. The standard InChI is InChI=1S/C18H15NO3/c1-2-21-18(20)14(13-8-4-3-5-9-13)12-17-19-15-10-6-7-11-16(15)22-17/h3-12H,2H2,1H3. The van der Waals surface area contributed by atoms with Gasteiger partial charge in [-0.05, 0) is 24.6 Å². The van der Waals surface area contributed by atoms with Crippen LogP contribution in [-0.2, 0) is 9.53 Å². The van der Waals surface area contributed by atoms with Crippen LogP contribution in [0.1, 0.15) is 18.4 Å². The zero-order chi connectivity index (χ0) is 15.4. The van der Waals surface area contributed by atoms with Gasteiger partial charge in [0.1, 0.15) is 5.52 Å². The first kappa shape index (κ1) is 14.1. The highest BCUT2D eigenvalue weighted by Crippen LogP contribution is 2.22. The molecule has 0 aliphatic rings. The van der Waals surface area contributed by atoms with Gasteiger partial charge in [-0.25, -0.2) is 9.78 Å². The third-order valence-electron chi connectivity index (χ3n) is 3.16. The molecule has 1 heterocycles. The third kappa shape index (κ3) is 2.91. The van der Waals surface area contributed by atoms with E-state index in [4.69, 9.17) is 9.15 Å². The van der Waals surface area contributed by atoms with Gasteiger partial charge in [0, 0.05) is 6.08 Å². The van der Waals surface area contributed by atoms with Crippen molar-refractivity contribution in [3.63, 3.8) is 0 Å². The second kappa shape index (κ2) is 6.26. The summed E-state index contributed by atoms with van der Waals surface area (Å²) in [6.45, 7) is 2.09. The highest BCUT2D eigenvalue weighted by molar-refractivity contribution is 6.21. The minimum Gasteiger partial charge on any atom is -0.462 e. The molecule has 0 unspecified atom stereocenters. The molecule has 4 nitrogen and oxygen atoms in total. The second-order valence-corrected chi connectivity index (χ2v) is 4.66. The number of hydrogen-bond acceptors (Lipinski definition) is 4. The molecule has 110 valence electrons. The van der Waals surface area contributed by atoms with Gasteiger partial charge in [0.2, 0.25) is 5.89 Å². The number of fused-ring (bicyclic) bond motifs is 1. The molecule has 0 bridgehead atoms. The summed E-state index contributed by atoms with van der Waals surface area (Å²) in [5, 5.41) is 0. The number of aromatic nitrogens is 1. The van der Waals surface area contributed by atoms with Crippen molar-refractivity contribution in [1.82, 2.24) is 4.98 Å². The lowest BCUT2D eigenvalue weighted by Gasteiger charge is -2.06. The van der Waals surface area contributed by atoms with Gasteiger partial charge in [0.25, 0.3) is 0 Å². The normalized spacial score (nSPS) is 11.6. The first-order valence-corrected chi connectivity index (χ1v) is 7.07. The van der Waals surface area contributed by atoms with Crippen LogP contribution >= 0.6 is 0 Å². The fourth-order valence-electron chi connectivity index (χ4n) is 2.16. The lowest BCUT2D eigenvalue weighted by Crippen LogP contribution is -2.06. The van der Waals surface area contributed by atoms with Crippen molar-refractivity contribution < 1.29 is 13.9 Å². The van der Waals surface area contributed by atoms with Crippen molar-refractivity contribution in [2.75, 3.05) is 6.61 Å². The van der Waals surface area contributed by atoms with Gasteiger partial charge >= 0.3 is 5.97 Å². The van der Waals surface area contributed by atoms with Crippen molar-refractivity contribution >= 4 is 28.7 Å². The summed E-state index contributed by atoms with van der Waals surface area (Å²) in [5.41, 5.74) is 2.63. The molecule has 22 heavy (non-hydrogen) atoms. The number of ether oxygens (including phenoxy) is 1. The quantitative estimate of drug-likeness (QED) is 0.540. The molecule has 4 heteroatoms. The van der Waals surface area contributed by atoms with E-state index in [9.17, 15) is 4.79 Å². The SMILES string of the molecule is CCOC(=O)C(=Cc1nc2ccccc2o1)c1ccccc1. The Hall–Kier alpha value is -2.88. The molecular weight excluding hydrogens is 278 g/mol. The Bertz CT molecular complexity index is 785. The van der Waals surface area contributed by atoms with Gasteiger partial charge in [-0.1, -0.05) is 42.5 Å². The van der Waals surface area contributed by atoms with Crippen LogP contribution in [0.4, 0.5) is 0 Å². The number of oxazole rings is 1. The minimum atomic E-state index is -0.393. The Morgan fingerprint density at radius 2 is 1.86 bits per heavy atom. The Kier molecular flexibility index (Phi) is 4.01. The van der Waals surface area contributed by atoms with Crippen LogP contribution < -0.4 is 0 Å². The molecule has 0 N–H and O–H groups in total. The summed E-state index contributed by atoms with van der Waals surface area (Å²) in [4.78, 5) is 16.6. The molecule has 0 radical (unpaired) electrons. The van der Waals surface area contributed by atoms with Gasteiger partial charge in [-0.2, -0.15) is 0 Å². The highest BCUT2D eigenvalue weighted by atomic mass is 16.5. The van der Waals surface area contributed by atoms with Crippen molar-refractivity contribution in [3.05, 3.63) is 66.1 Å². The first-order valence-electron chi connectivity index (χ1n) is 7.07. The maximum atomic E-state index is 12.2. The minimum absolute atomic E-state index is 0.316. The monoisotopic (exact) mass is 293 g/mol. The van der Waals surface area contributed by atoms with Gasteiger partial charge in [0.15, 0.2) is 5.58 Å². The summed E-state index contributed by atoms with van der Waals surface area (Å²) in [7, 11) is 0. The maximum Gasteiger partial charge on any atom is 0.338 e. The predicted molar refractivity (Wildman–Crippen MR) is 85.0 cm³/mol. The fourth-order valence-corrected chi connectivity index (χ4v) is 2.16. The summed E-state index contributed by atoms with van der Waals surface area (Å²) in [6, 6.07) is 16.8. The van der Waals surface area contributed by atoms with E-state index in [1.165, 1.54) is 0 Å². The second-order valence-electron chi connectivity index (χ2n) is 4.66. The van der Waals surface area contributed by atoms with E-state index in [1.54, 1.807) is 13.0 Å². The average Bonchev–Trinajstić information content (AvgIpc) is 2.96. The van der Waals surface area contributed by atoms with Gasteiger partial charge < -0.3 is 9.15 Å². The van der Waals surface area contributed by atoms with Crippen LogP contribution in [0, 0.1) is 0 Å². The summed E-state index contributed by atoms with van der Waals surface area (Å²) in [5.74, 6) is -0.0101. The molecule has 2 aromatic carbocycles. The zero-order valence-corrected chi connectivity index (χ0v) is 12.2. The Morgan fingerprint density at radius 3 is 2.59 bits per heavy atom. The highest BCUT2D eigenvalue weighted by Gasteiger charge is 2.15.